The minimum Gasteiger partial charge on any atom is -0.378 e. The van der Waals surface area contributed by atoms with Crippen LogP contribution in [0, 0.1) is 16.2 Å². The molecule has 0 rings (SSSR count). The Morgan fingerprint density at radius 3 is 1.72 bits per heavy atom. The van der Waals surface area contributed by atoms with Crippen molar-refractivity contribution in [1.82, 2.24) is 15.4 Å². The van der Waals surface area contributed by atoms with E-state index in [1.165, 1.54) is 7.05 Å². The van der Waals surface area contributed by atoms with Crippen molar-refractivity contribution < 1.29 is 41.7 Å². The van der Waals surface area contributed by atoms with E-state index in [9.17, 15) is 22.8 Å². The largest absolute Gasteiger partial charge is 0.378 e. The molecule has 0 aliphatic heterocycles. The molecule has 50 heavy (non-hydrogen) atoms. The van der Waals surface area contributed by atoms with Gasteiger partial charge in [-0.25, -0.2) is 13.1 Å². The van der Waals surface area contributed by atoms with Crippen molar-refractivity contribution in [3.05, 3.63) is 0 Å². The van der Waals surface area contributed by atoms with E-state index < -0.39 is 42.3 Å². The topological polar surface area (TPSA) is 158 Å². The lowest BCUT2D eigenvalue weighted by Gasteiger charge is -2.40. The molecule has 0 radical (unpaired) electrons. The number of hydrogen-bond acceptors (Lipinski definition) is 12. The second kappa shape index (κ2) is 21.1. The highest BCUT2D eigenvalue weighted by atomic mass is 32.2. The number of sulfonamides is 1. The van der Waals surface area contributed by atoms with Crippen molar-refractivity contribution in [3.63, 3.8) is 0 Å². The molecule has 0 aromatic carbocycles. The fourth-order valence-corrected chi connectivity index (χ4v) is 7.85. The molecule has 2 atom stereocenters. The molecule has 3 N–H and O–H groups in total. The summed E-state index contributed by atoms with van der Waals surface area (Å²) in [4.78, 5) is 37.3. The zero-order valence-corrected chi connectivity index (χ0v) is 35.1. The predicted octanol–water partition coefficient (Wildman–Crippen LogP) is 4.35. The first kappa shape index (κ1) is 49.0. The van der Waals surface area contributed by atoms with E-state index in [0.29, 0.717) is 65.2 Å². The lowest BCUT2D eigenvalue weighted by molar-refractivity contribution is -0.135. The van der Waals surface area contributed by atoms with Gasteiger partial charge in [0.05, 0.1) is 56.5 Å². The summed E-state index contributed by atoms with van der Waals surface area (Å²) in [6.45, 7) is 25.3. The van der Waals surface area contributed by atoms with Crippen LogP contribution in [0.25, 0.3) is 0 Å². The Kier molecular flexibility index (Phi) is 20.6. The van der Waals surface area contributed by atoms with Gasteiger partial charge in [0, 0.05) is 23.9 Å². The second-order valence-corrected chi connectivity index (χ2v) is 18.9. The normalized spacial score (nSPS) is 15.8. The summed E-state index contributed by atoms with van der Waals surface area (Å²) in [5.74, 6) is -0.0961. The Balaban J connectivity index is 4.50. The van der Waals surface area contributed by atoms with E-state index in [2.05, 4.69) is 28.0 Å². The summed E-state index contributed by atoms with van der Waals surface area (Å²) in [5.41, 5.74) is -3.06. The molecule has 0 spiro atoms. The molecule has 0 aromatic heterocycles. The smallest absolute Gasteiger partial charge is 0.211 e. The Hall–Kier alpha value is -0.970. The van der Waals surface area contributed by atoms with E-state index in [1.807, 2.05) is 76.2 Å². The third kappa shape index (κ3) is 18.2. The maximum absolute atomic E-state index is 13.7. The number of carbonyl (C=O) groups is 3. The molecule has 0 saturated carbocycles. The molecule has 0 bridgehead atoms. The number of carbonyl (C=O) groups excluding carboxylic acids is 3. The van der Waals surface area contributed by atoms with Crippen molar-refractivity contribution in [2.45, 2.75) is 125 Å². The summed E-state index contributed by atoms with van der Waals surface area (Å²) >= 11 is 4.59. The van der Waals surface area contributed by atoms with Crippen LogP contribution in [-0.4, -0.2) is 114 Å². The minimum absolute atomic E-state index is 0.0235. The van der Waals surface area contributed by atoms with Gasteiger partial charge in [0.15, 0.2) is 11.6 Å². The highest BCUT2D eigenvalue weighted by molar-refractivity contribution is 7.89. The zero-order chi connectivity index (χ0) is 39.1. The molecule has 12 nitrogen and oxygen atoms in total. The molecule has 2 unspecified atom stereocenters. The van der Waals surface area contributed by atoms with Crippen molar-refractivity contribution >= 4 is 40.0 Å². The van der Waals surface area contributed by atoms with Gasteiger partial charge in [-0.05, 0) is 65.8 Å². The van der Waals surface area contributed by atoms with Crippen LogP contribution in [0.4, 0.5) is 0 Å². The lowest BCUT2D eigenvalue weighted by Crippen LogP contribution is -2.55. The van der Waals surface area contributed by atoms with Gasteiger partial charge in [-0.3, -0.25) is 19.7 Å². The van der Waals surface area contributed by atoms with Gasteiger partial charge < -0.3 is 24.3 Å². The standard InChI is InChI=1S/C36H71N3O9S2/c1-14-35(12,30(42)33(8,9)25-31(4,5)27-50(43,44)37-13)38-16-18-45-20-21-47-24-29(41)36(49,15-2)39-17-19-46-22-23-48-34(10,11)26-32(6,7)28(3)40/h37-39,49H,14-27H2,1-13H3. The van der Waals surface area contributed by atoms with Gasteiger partial charge in [-0.1, -0.05) is 55.4 Å². The number of hydrogen-bond donors (Lipinski definition) is 4. The van der Waals surface area contributed by atoms with E-state index in [0.717, 1.165) is 0 Å². The van der Waals surface area contributed by atoms with E-state index in [1.54, 1.807) is 6.92 Å². The van der Waals surface area contributed by atoms with Crippen LogP contribution in [0.15, 0.2) is 0 Å². The van der Waals surface area contributed by atoms with Crippen LogP contribution in [0.3, 0.4) is 0 Å². The number of Topliss-reactive ketones (excluding diaryl/α,β-unsaturated/α-hetero) is 3. The molecule has 14 heteroatoms. The van der Waals surface area contributed by atoms with E-state index in [-0.39, 0.29) is 42.9 Å². The summed E-state index contributed by atoms with van der Waals surface area (Å²) < 4.78 is 49.5. The Bertz CT molecular complexity index is 1180. The third-order valence-corrected chi connectivity index (χ3v) is 11.7. The van der Waals surface area contributed by atoms with Crippen molar-refractivity contribution in [3.8, 4) is 0 Å². The molecule has 0 heterocycles. The second-order valence-electron chi connectivity index (χ2n) is 16.2. The highest BCUT2D eigenvalue weighted by Crippen LogP contribution is 2.38. The van der Waals surface area contributed by atoms with E-state index in [4.69, 9.17) is 18.9 Å². The van der Waals surface area contributed by atoms with Gasteiger partial charge in [0.25, 0.3) is 0 Å². The molecule has 0 amide bonds. The van der Waals surface area contributed by atoms with Gasteiger partial charge in [-0.15, -0.1) is 12.6 Å². The van der Waals surface area contributed by atoms with Gasteiger partial charge >= 0.3 is 0 Å². The van der Waals surface area contributed by atoms with Gasteiger partial charge in [-0.2, -0.15) is 0 Å². The SMILES string of the molecule is CCC(C)(NCCOCCOCC(=O)C(S)(CC)NCCOCCOC(C)(C)CC(C)(C)C(C)=O)C(=O)C(C)(C)CC(C)(C)CS(=O)(=O)NC. The highest BCUT2D eigenvalue weighted by Gasteiger charge is 2.44. The molecule has 0 fully saturated rings. The van der Waals surface area contributed by atoms with Crippen molar-refractivity contribution in [2.24, 2.45) is 16.2 Å². The first-order chi connectivity index (χ1) is 22.7. The Labute approximate surface area is 309 Å². The summed E-state index contributed by atoms with van der Waals surface area (Å²) in [6, 6.07) is 0. The number of ketones is 3. The molecule has 0 aromatic rings. The van der Waals surface area contributed by atoms with Gasteiger partial charge in [0.2, 0.25) is 10.0 Å². The number of thiol groups is 1. The monoisotopic (exact) mass is 753 g/mol. The molecule has 0 aliphatic carbocycles. The van der Waals surface area contributed by atoms with Crippen molar-refractivity contribution in [2.75, 3.05) is 72.1 Å². The van der Waals surface area contributed by atoms with Crippen molar-refractivity contribution in [1.29, 1.82) is 0 Å². The average Bonchev–Trinajstić information content (AvgIpc) is 2.99. The average molecular weight is 754 g/mol. The number of rotatable bonds is 30. The number of nitrogens with one attached hydrogen (secondary N) is 3. The molecular weight excluding hydrogens is 683 g/mol. The van der Waals surface area contributed by atoms with Crippen LogP contribution in [0.2, 0.25) is 0 Å². The zero-order valence-electron chi connectivity index (χ0n) is 33.4. The molecule has 296 valence electrons. The fourth-order valence-electron chi connectivity index (χ4n) is 6.40. The van der Waals surface area contributed by atoms with Gasteiger partial charge in [0.1, 0.15) is 17.3 Å². The van der Waals surface area contributed by atoms with Crippen LogP contribution in [-0.2, 0) is 43.4 Å². The molecule has 0 aliphatic rings. The summed E-state index contributed by atoms with van der Waals surface area (Å²) in [5, 5.41) is 6.50. The molecular formula is C36H71N3O9S2. The summed E-state index contributed by atoms with van der Waals surface area (Å²) in [7, 11) is -2.02. The molecule has 0 saturated heterocycles. The van der Waals surface area contributed by atoms with Crippen LogP contribution in [0.5, 0.6) is 0 Å². The maximum Gasteiger partial charge on any atom is 0.211 e. The number of ether oxygens (including phenoxy) is 4. The summed E-state index contributed by atoms with van der Waals surface area (Å²) in [6.07, 6.45) is 2.05. The third-order valence-electron chi connectivity index (χ3n) is 9.18. The quantitative estimate of drug-likeness (QED) is 0.0470. The minimum atomic E-state index is -3.42. The van der Waals surface area contributed by atoms with Crippen LogP contribution >= 0.6 is 12.6 Å². The Morgan fingerprint density at radius 1 is 0.700 bits per heavy atom. The first-order valence-corrected chi connectivity index (χ1v) is 19.9. The fraction of sp³-hybridized carbons (Fsp3) is 0.917. The maximum atomic E-state index is 13.7. The Morgan fingerprint density at radius 2 is 1.22 bits per heavy atom. The lowest BCUT2D eigenvalue weighted by atomic mass is 9.68. The van der Waals surface area contributed by atoms with Crippen LogP contribution in [0.1, 0.15) is 109 Å². The first-order valence-electron chi connectivity index (χ1n) is 17.8. The predicted molar refractivity (Wildman–Crippen MR) is 203 cm³/mol. The van der Waals surface area contributed by atoms with E-state index >= 15 is 0 Å². The van der Waals surface area contributed by atoms with Crippen LogP contribution < -0.4 is 15.4 Å².